The number of nitrogens with zero attached hydrogens (tertiary/aromatic N) is 2. The van der Waals surface area contributed by atoms with Crippen LogP contribution >= 0.6 is 0 Å². The van der Waals surface area contributed by atoms with Crippen molar-refractivity contribution in [2.24, 2.45) is 0 Å². The van der Waals surface area contributed by atoms with E-state index in [0.717, 1.165) is 0 Å². The van der Waals surface area contributed by atoms with Crippen molar-refractivity contribution in [2.75, 3.05) is 13.1 Å². The summed E-state index contributed by atoms with van der Waals surface area (Å²) in [5.74, 6) is -0.305. The molecule has 1 aliphatic heterocycles. The van der Waals surface area contributed by atoms with E-state index in [1.165, 1.54) is 15.5 Å². The second-order valence-electron chi connectivity index (χ2n) is 5.02. The number of carbonyl (C=O) groups excluding carboxylic acids is 2. The van der Waals surface area contributed by atoms with Gasteiger partial charge in [0.25, 0.3) is 5.56 Å². The summed E-state index contributed by atoms with van der Waals surface area (Å²) in [5.41, 5.74) is -0.998. The van der Waals surface area contributed by atoms with Crippen LogP contribution in [0.1, 0.15) is 13.8 Å². The lowest BCUT2D eigenvalue weighted by atomic mass is 9.99. The third-order valence-corrected chi connectivity index (χ3v) is 3.40. The van der Waals surface area contributed by atoms with Gasteiger partial charge in [0.2, 0.25) is 11.8 Å². The molecule has 0 saturated carbocycles. The van der Waals surface area contributed by atoms with Crippen LogP contribution in [0.5, 0.6) is 0 Å². The van der Waals surface area contributed by atoms with Crippen LogP contribution in [0.25, 0.3) is 0 Å². The highest BCUT2D eigenvalue weighted by molar-refractivity contribution is 5.97. The lowest BCUT2D eigenvalue weighted by molar-refractivity contribution is -0.151. The third-order valence-electron chi connectivity index (χ3n) is 3.40. The summed E-state index contributed by atoms with van der Waals surface area (Å²) in [6.45, 7) is 4.14. The van der Waals surface area contributed by atoms with Crippen LogP contribution in [0.3, 0.4) is 0 Å². The fraction of sp³-hybridized carbons (Fsp3) is 0.462. The Kier molecular flexibility index (Phi) is 3.42. The molecule has 2 amide bonds. The second kappa shape index (κ2) is 4.87. The molecule has 1 fully saturated rings. The molecule has 0 bridgehead atoms. The van der Waals surface area contributed by atoms with Crippen molar-refractivity contribution in [3.05, 3.63) is 34.7 Å². The standard InChI is InChI=1S/C13H17N3O3/c1-13(2)12(19)14-9-11(18)16(13)8-7-15-6-4-3-5-10(15)17/h3-6H,7-9H2,1-2H3,(H,14,19). The molecule has 1 aromatic heterocycles. The number of pyridine rings is 1. The van der Waals surface area contributed by atoms with Crippen LogP contribution in [0, 0.1) is 0 Å². The van der Waals surface area contributed by atoms with Gasteiger partial charge in [-0.05, 0) is 19.9 Å². The fourth-order valence-corrected chi connectivity index (χ4v) is 2.16. The van der Waals surface area contributed by atoms with Crippen LogP contribution in [0.15, 0.2) is 29.2 Å². The molecule has 0 atom stereocenters. The van der Waals surface area contributed by atoms with Crippen molar-refractivity contribution in [1.82, 2.24) is 14.8 Å². The zero-order valence-corrected chi connectivity index (χ0v) is 11.0. The molecule has 19 heavy (non-hydrogen) atoms. The number of rotatable bonds is 3. The molecule has 0 unspecified atom stereocenters. The Bertz CT molecular complexity index is 562. The monoisotopic (exact) mass is 263 g/mol. The van der Waals surface area contributed by atoms with Gasteiger partial charge in [-0.2, -0.15) is 0 Å². The first-order chi connectivity index (χ1) is 8.93. The zero-order valence-electron chi connectivity index (χ0n) is 11.0. The summed E-state index contributed by atoms with van der Waals surface area (Å²) < 4.78 is 1.52. The normalized spacial score (nSPS) is 18.3. The molecule has 1 N–H and O–H groups in total. The third kappa shape index (κ3) is 2.52. The first-order valence-corrected chi connectivity index (χ1v) is 6.17. The Hall–Kier alpha value is -2.11. The molecular formula is C13H17N3O3. The quantitative estimate of drug-likeness (QED) is 0.805. The van der Waals surface area contributed by atoms with E-state index in [4.69, 9.17) is 0 Å². The average Bonchev–Trinajstić information content (AvgIpc) is 2.36. The number of piperazine rings is 1. The molecule has 6 heteroatoms. The van der Waals surface area contributed by atoms with Crippen LogP contribution in [-0.4, -0.2) is 39.9 Å². The molecule has 0 aliphatic carbocycles. The summed E-state index contributed by atoms with van der Waals surface area (Å²) in [5, 5.41) is 2.56. The van der Waals surface area contributed by atoms with Gasteiger partial charge in [0.15, 0.2) is 0 Å². The minimum atomic E-state index is -0.881. The van der Waals surface area contributed by atoms with Crippen molar-refractivity contribution in [3.8, 4) is 0 Å². The van der Waals surface area contributed by atoms with E-state index in [1.54, 1.807) is 32.2 Å². The maximum Gasteiger partial charge on any atom is 0.250 e. The van der Waals surface area contributed by atoms with Crippen molar-refractivity contribution in [1.29, 1.82) is 0 Å². The lowest BCUT2D eigenvalue weighted by Crippen LogP contribution is -2.64. The summed E-state index contributed by atoms with van der Waals surface area (Å²) in [6, 6.07) is 4.90. The minimum absolute atomic E-state index is 0.0198. The van der Waals surface area contributed by atoms with Gasteiger partial charge in [-0.15, -0.1) is 0 Å². The second-order valence-corrected chi connectivity index (χ2v) is 5.02. The van der Waals surface area contributed by atoms with E-state index >= 15 is 0 Å². The maximum atomic E-state index is 11.9. The van der Waals surface area contributed by atoms with Gasteiger partial charge >= 0.3 is 0 Å². The summed E-state index contributed by atoms with van der Waals surface area (Å²) in [6.07, 6.45) is 1.67. The van der Waals surface area contributed by atoms with Crippen molar-refractivity contribution in [2.45, 2.75) is 25.9 Å². The first-order valence-electron chi connectivity index (χ1n) is 6.17. The highest BCUT2D eigenvalue weighted by atomic mass is 16.2. The molecule has 0 aromatic carbocycles. The molecule has 0 radical (unpaired) electrons. The van der Waals surface area contributed by atoms with E-state index in [9.17, 15) is 14.4 Å². The molecule has 102 valence electrons. The Balaban J connectivity index is 2.13. The van der Waals surface area contributed by atoms with E-state index < -0.39 is 5.54 Å². The minimum Gasteiger partial charge on any atom is -0.345 e. The Morgan fingerprint density at radius 3 is 2.63 bits per heavy atom. The molecular weight excluding hydrogens is 246 g/mol. The number of nitrogens with one attached hydrogen (secondary N) is 1. The van der Waals surface area contributed by atoms with Gasteiger partial charge in [-0.25, -0.2) is 0 Å². The zero-order chi connectivity index (χ0) is 14.0. The predicted octanol–water partition coefficient (Wildman–Crippen LogP) is -0.415. The summed E-state index contributed by atoms with van der Waals surface area (Å²) >= 11 is 0. The van der Waals surface area contributed by atoms with Gasteiger partial charge < -0.3 is 14.8 Å². The van der Waals surface area contributed by atoms with Crippen LogP contribution in [0.2, 0.25) is 0 Å². The summed E-state index contributed by atoms with van der Waals surface area (Å²) in [4.78, 5) is 36.8. The smallest absolute Gasteiger partial charge is 0.250 e. The predicted molar refractivity (Wildman–Crippen MR) is 69.5 cm³/mol. The highest BCUT2D eigenvalue weighted by Crippen LogP contribution is 2.18. The Morgan fingerprint density at radius 1 is 1.21 bits per heavy atom. The van der Waals surface area contributed by atoms with Gasteiger partial charge in [-0.3, -0.25) is 14.4 Å². The SMILES string of the molecule is CC1(C)C(=O)NCC(=O)N1CCn1ccccc1=O. The molecule has 6 nitrogen and oxygen atoms in total. The molecule has 0 spiro atoms. The van der Waals surface area contributed by atoms with E-state index in [0.29, 0.717) is 13.1 Å². The Labute approximate surface area is 111 Å². The lowest BCUT2D eigenvalue weighted by Gasteiger charge is -2.41. The van der Waals surface area contributed by atoms with E-state index in [1.807, 2.05) is 0 Å². The number of carbonyl (C=O) groups is 2. The molecule has 1 aliphatic rings. The largest absolute Gasteiger partial charge is 0.345 e. The molecule has 1 aromatic rings. The van der Waals surface area contributed by atoms with Gasteiger partial charge in [-0.1, -0.05) is 6.07 Å². The van der Waals surface area contributed by atoms with Gasteiger partial charge in [0.05, 0.1) is 6.54 Å². The first kappa shape index (κ1) is 13.3. The van der Waals surface area contributed by atoms with E-state index in [-0.39, 0.29) is 23.9 Å². The van der Waals surface area contributed by atoms with Crippen molar-refractivity contribution in [3.63, 3.8) is 0 Å². The average molecular weight is 263 g/mol. The van der Waals surface area contributed by atoms with Crippen molar-refractivity contribution >= 4 is 11.8 Å². The molecule has 2 heterocycles. The maximum absolute atomic E-state index is 11.9. The number of hydrogen-bond donors (Lipinski definition) is 1. The fourth-order valence-electron chi connectivity index (χ4n) is 2.16. The number of amides is 2. The van der Waals surface area contributed by atoms with Crippen LogP contribution in [-0.2, 0) is 16.1 Å². The summed E-state index contributed by atoms with van der Waals surface area (Å²) in [7, 11) is 0. The van der Waals surface area contributed by atoms with Gasteiger partial charge in [0, 0.05) is 25.4 Å². The molecule has 2 rings (SSSR count). The van der Waals surface area contributed by atoms with Crippen molar-refractivity contribution < 1.29 is 9.59 Å². The topological polar surface area (TPSA) is 71.4 Å². The highest BCUT2D eigenvalue weighted by Gasteiger charge is 2.41. The molecule has 1 saturated heterocycles. The number of aromatic nitrogens is 1. The van der Waals surface area contributed by atoms with E-state index in [2.05, 4.69) is 5.32 Å². The Morgan fingerprint density at radius 2 is 1.95 bits per heavy atom. The van der Waals surface area contributed by atoms with Gasteiger partial charge in [0.1, 0.15) is 5.54 Å². The van der Waals surface area contributed by atoms with Crippen LogP contribution < -0.4 is 10.9 Å². The van der Waals surface area contributed by atoms with Crippen LogP contribution in [0.4, 0.5) is 0 Å². The number of hydrogen-bond acceptors (Lipinski definition) is 3.